The Morgan fingerprint density at radius 1 is 0.533 bits per heavy atom. The fourth-order valence-electron chi connectivity index (χ4n) is 7.49. The maximum absolute atomic E-state index is 5.37. The van der Waals surface area contributed by atoms with E-state index in [1.807, 2.05) is 22.7 Å². The number of hydrogen-bond acceptors (Lipinski definition) is 4. The van der Waals surface area contributed by atoms with Gasteiger partial charge in [0, 0.05) is 67.8 Å². The SMILES string of the molecule is CC1(C)c2ccc(-c3nc(-c4ccccc4)c4c(ccc5c6ccccc6sc54)n3)cc2-c2c1ccc1c2sc2ccccc21. The third-order valence-electron chi connectivity index (χ3n) is 9.69. The molecule has 0 spiro atoms. The molecule has 9 aromatic rings. The molecule has 2 nitrogen and oxygen atoms in total. The van der Waals surface area contributed by atoms with Gasteiger partial charge in [-0.25, -0.2) is 9.97 Å². The summed E-state index contributed by atoms with van der Waals surface area (Å²) in [6.07, 6.45) is 0. The van der Waals surface area contributed by atoms with E-state index in [1.165, 1.54) is 62.6 Å². The molecule has 0 N–H and O–H groups in total. The molecule has 0 amide bonds. The minimum Gasteiger partial charge on any atom is -0.228 e. The molecule has 3 heterocycles. The van der Waals surface area contributed by atoms with E-state index in [1.54, 1.807) is 0 Å². The maximum Gasteiger partial charge on any atom is 0.160 e. The van der Waals surface area contributed by atoms with E-state index in [-0.39, 0.29) is 5.41 Å². The monoisotopic (exact) mass is 610 g/mol. The predicted octanol–water partition coefficient (Wildman–Crippen LogP) is 12.0. The van der Waals surface area contributed by atoms with Crippen LogP contribution in [0, 0.1) is 0 Å². The van der Waals surface area contributed by atoms with E-state index >= 15 is 0 Å². The van der Waals surface area contributed by atoms with Crippen molar-refractivity contribution in [3.63, 3.8) is 0 Å². The fraction of sp³-hybridized carbons (Fsp3) is 0.0732. The highest BCUT2D eigenvalue weighted by atomic mass is 32.1. The predicted molar refractivity (Wildman–Crippen MR) is 194 cm³/mol. The zero-order valence-electron chi connectivity index (χ0n) is 24.8. The first kappa shape index (κ1) is 25.4. The van der Waals surface area contributed by atoms with E-state index < -0.39 is 0 Å². The van der Waals surface area contributed by atoms with Crippen molar-refractivity contribution in [2.75, 3.05) is 0 Å². The van der Waals surface area contributed by atoms with Crippen molar-refractivity contribution in [2.24, 2.45) is 0 Å². The van der Waals surface area contributed by atoms with Crippen LogP contribution in [-0.4, -0.2) is 9.97 Å². The number of hydrogen-bond donors (Lipinski definition) is 0. The molecule has 0 aliphatic heterocycles. The van der Waals surface area contributed by atoms with Gasteiger partial charge >= 0.3 is 0 Å². The van der Waals surface area contributed by atoms with Gasteiger partial charge < -0.3 is 0 Å². The van der Waals surface area contributed by atoms with Gasteiger partial charge in [0.25, 0.3) is 0 Å². The van der Waals surface area contributed by atoms with Gasteiger partial charge in [-0.3, -0.25) is 0 Å². The van der Waals surface area contributed by atoms with Crippen LogP contribution in [0.2, 0.25) is 0 Å². The Labute approximate surface area is 268 Å². The summed E-state index contributed by atoms with van der Waals surface area (Å²) >= 11 is 3.74. The number of benzene rings is 6. The topological polar surface area (TPSA) is 25.8 Å². The lowest BCUT2D eigenvalue weighted by Gasteiger charge is -2.21. The molecule has 0 atom stereocenters. The summed E-state index contributed by atoms with van der Waals surface area (Å²) in [6, 6.07) is 44.0. The van der Waals surface area contributed by atoms with E-state index in [0.717, 1.165) is 33.5 Å². The first-order chi connectivity index (χ1) is 22.1. The van der Waals surface area contributed by atoms with Gasteiger partial charge in [0.05, 0.1) is 11.2 Å². The highest BCUT2D eigenvalue weighted by Gasteiger charge is 2.37. The highest BCUT2D eigenvalue weighted by molar-refractivity contribution is 7.27. The standard InChI is InChI=1S/C41H26N2S2/c1-41(2)30-19-16-24(22-29(30)35-31(41)20-17-27-25-12-6-8-14-33(25)44-38(27)35)40-42-32-21-18-28-26-13-7-9-15-34(26)45-39(28)36(32)37(43-40)23-10-4-3-5-11-23/h3-22H,1-2H3. The molecule has 1 aliphatic rings. The average Bonchev–Trinajstić information content (AvgIpc) is 3.72. The molecular weight excluding hydrogens is 585 g/mol. The summed E-state index contributed by atoms with van der Waals surface area (Å²) < 4.78 is 5.24. The van der Waals surface area contributed by atoms with Crippen molar-refractivity contribution in [3.8, 4) is 33.8 Å². The van der Waals surface area contributed by atoms with Crippen LogP contribution in [0.25, 0.3) is 85.0 Å². The molecule has 4 heteroatoms. The zero-order valence-corrected chi connectivity index (χ0v) is 26.4. The highest BCUT2D eigenvalue weighted by Crippen LogP contribution is 2.54. The number of aromatic nitrogens is 2. The second-order valence-corrected chi connectivity index (χ2v) is 14.6. The molecule has 10 rings (SSSR count). The Balaban J connectivity index is 1.25. The van der Waals surface area contributed by atoms with Gasteiger partial charge in [0.2, 0.25) is 0 Å². The summed E-state index contributed by atoms with van der Waals surface area (Å²) in [5.74, 6) is 0.763. The normalized spacial score (nSPS) is 13.7. The summed E-state index contributed by atoms with van der Waals surface area (Å²) in [5, 5.41) is 6.35. The molecule has 6 aromatic carbocycles. The Morgan fingerprint density at radius 2 is 1.18 bits per heavy atom. The number of rotatable bonds is 2. The summed E-state index contributed by atoms with van der Waals surface area (Å²) in [5.41, 5.74) is 9.46. The number of fused-ring (bicyclic) bond motifs is 12. The molecule has 45 heavy (non-hydrogen) atoms. The second-order valence-electron chi connectivity index (χ2n) is 12.5. The van der Waals surface area contributed by atoms with E-state index in [4.69, 9.17) is 9.97 Å². The Bertz CT molecular complexity index is 2680. The lowest BCUT2D eigenvalue weighted by Crippen LogP contribution is -2.14. The lowest BCUT2D eigenvalue weighted by molar-refractivity contribution is 0.661. The maximum atomic E-state index is 5.37. The molecule has 0 radical (unpaired) electrons. The first-order valence-corrected chi connectivity index (χ1v) is 17.0. The number of thiophene rings is 2. The lowest BCUT2D eigenvalue weighted by atomic mass is 9.82. The largest absolute Gasteiger partial charge is 0.228 e. The van der Waals surface area contributed by atoms with Crippen molar-refractivity contribution in [2.45, 2.75) is 19.3 Å². The molecule has 0 saturated carbocycles. The fourth-order valence-corrected chi connectivity index (χ4v) is 10.0. The van der Waals surface area contributed by atoms with Crippen molar-refractivity contribution < 1.29 is 0 Å². The van der Waals surface area contributed by atoms with Gasteiger partial charge in [0.15, 0.2) is 5.82 Å². The first-order valence-electron chi connectivity index (χ1n) is 15.3. The molecule has 1 aliphatic carbocycles. The molecular formula is C41H26N2S2. The third-order valence-corrected chi connectivity index (χ3v) is 12.1. The van der Waals surface area contributed by atoms with Crippen molar-refractivity contribution >= 4 is 73.9 Å². The van der Waals surface area contributed by atoms with Crippen LogP contribution in [0.1, 0.15) is 25.0 Å². The smallest absolute Gasteiger partial charge is 0.160 e. The van der Waals surface area contributed by atoms with Crippen LogP contribution in [0.4, 0.5) is 0 Å². The van der Waals surface area contributed by atoms with Crippen LogP contribution in [0.5, 0.6) is 0 Å². The van der Waals surface area contributed by atoms with Gasteiger partial charge in [-0.2, -0.15) is 0 Å². The number of nitrogens with zero attached hydrogens (tertiary/aromatic N) is 2. The molecule has 0 saturated heterocycles. The van der Waals surface area contributed by atoms with Crippen molar-refractivity contribution in [1.29, 1.82) is 0 Å². The minimum absolute atomic E-state index is 0.0835. The molecule has 0 bridgehead atoms. The van der Waals surface area contributed by atoms with Gasteiger partial charge in [-0.05, 0) is 41.0 Å². The van der Waals surface area contributed by atoms with Gasteiger partial charge in [-0.15, -0.1) is 22.7 Å². The van der Waals surface area contributed by atoms with Crippen LogP contribution in [-0.2, 0) is 5.41 Å². The van der Waals surface area contributed by atoms with E-state index in [0.29, 0.717) is 0 Å². The zero-order chi connectivity index (χ0) is 29.9. The van der Waals surface area contributed by atoms with Crippen molar-refractivity contribution in [3.05, 3.63) is 132 Å². The second kappa shape index (κ2) is 9.07. The van der Waals surface area contributed by atoms with E-state index in [9.17, 15) is 0 Å². The van der Waals surface area contributed by atoms with Gasteiger partial charge in [0.1, 0.15) is 0 Å². The quantitative estimate of drug-likeness (QED) is 0.195. The summed E-state index contributed by atoms with van der Waals surface area (Å²) in [6.45, 7) is 4.71. The van der Waals surface area contributed by atoms with E-state index in [2.05, 4.69) is 135 Å². The molecule has 3 aromatic heterocycles. The minimum atomic E-state index is -0.0835. The Hall–Kier alpha value is -4.90. The average molecular weight is 611 g/mol. The Kier molecular flexibility index (Phi) is 5.13. The summed E-state index contributed by atoms with van der Waals surface area (Å²) in [4.78, 5) is 10.6. The third kappa shape index (κ3) is 3.49. The van der Waals surface area contributed by atoms with Crippen molar-refractivity contribution in [1.82, 2.24) is 9.97 Å². The van der Waals surface area contributed by atoms with Crippen LogP contribution in [0.15, 0.2) is 121 Å². The van der Waals surface area contributed by atoms with Crippen LogP contribution < -0.4 is 0 Å². The van der Waals surface area contributed by atoms with Crippen LogP contribution >= 0.6 is 22.7 Å². The van der Waals surface area contributed by atoms with Crippen LogP contribution in [0.3, 0.4) is 0 Å². The Morgan fingerprint density at radius 3 is 1.96 bits per heavy atom. The summed E-state index contributed by atoms with van der Waals surface area (Å²) in [7, 11) is 0. The molecule has 0 fully saturated rings. The molecule has 212 valence electrons. The molecule has 0 unspecified atom stereocenters. The van der Waals surface area contributed by atoms with Gasteiger partial charge in [-0.1, -0.05) is 111 Å².